The van der Waals surface area contributed by atoms with Gasteiger partial charge in [-0.1, -0.05) is 48.3 Å². The molecule has 0 aromatic heterocycles. The van der Waals surface area contributed by atoms with Crippen molar-refractivity contribution in [3.8, 4) is 0 Å². The lowest BCUT2D eigenvalue weighted by Gasteiger charge is -2.21. The Morgan fingerprint density at radius 3 is 2.67 bits per heavy atom. The lowest BCUT2D eigenvalue weighted by atomic mass is 10.1. The zero-order valence-electron chi connectivity index (χ0n) is 14.3. The van der Waals surface area contributed by atoms with Crippen molar-refractivity contribution in [3.63, 3.8) is 0 Å². The Morgan fingerprint density at radius 1 is 1.26 bits per heavy atom. The fraction of sp³-hybridized carbons (Fsp3) is 0.278. The minimum Gasteiger partial charge on any atom is -0.304 e. The highest BCUT2D eigenvalue weighted by Crippen LogP contribution is 2.45. The van der Waals surface area contributed by atoms with Crippen LogP contribution in [0, 0.1) is 0 Å². The zero-order chi connectivity index (χ0) is 19.3. The number of amides is 2. The number of fused-ring (bicyclic) bond motifs is 1. The summed E-state index contributed by atoms with van der Waals surface area (Å²) in [5.74, 6) is -0.689. The number of sulfone groups is 1. The molecular weight excluding hydrogens is 404 g/mol. The van der Waals surface area contributed by atoms with Crippen LogP contribution >= 0.6 is 24.0 Å². The van der Waals surface area contributed by atoms with Gasteiger partial charge in [0.2, 0.25) is 0 Å². The molecule has 1 unspecified atom stereocenters. The van der Waals surface area contributed by atoms with Crippen molar-refractivity contribution in [2.45, 2.75) is 12.5 Å². The first-order valence-electron chi connectivity index (χ1n) is 8.36. The maximum absolute atomic E-state index is 13.1. The van der Waals surface area contributed by atoms with Crippen LogP contribution in [-0.2, 0) is 19.4 Å². The average molecular weight is 421 g/mol. The van der Waals surface area contributed by atoms with E-state index in [1.54, 1.807) is 17.0 Å². The van der Waals surface area contributed by atoms with Gasteiger partial charge in [-0.2, -0.15) is 0 Å². The SMILES string of the molecule is C=CCN1C(=O)C(=C2SC(=S)N(C3CCS(=O)(=O)C3)C2=O)c2ccccc21. The second-order valence-electron chi connectivity index (χ2n) is 6.53. The van der Waals surface area contributed by atoms with Crippen LogP contribution in [0.15, 0.2) is 41.8 Å². The number of anilines is 1. The van der Waals surface area contributed by atoms with Gasteiger partial charge < -0.3 is 4.90 Å². The monoisotopic (exact) mass is 420 g/mol. The number of hydrogen-bond donors (Lipinski definition) is 0. The number of nitrogens with zero attached hydrogens (tertiary/aromatic N) is 2. The summed E-state index contributed by atoms with van der Waals surface area (Å²) in [6.45, 7) is 4.02. The van der Waals surface area contributed by atoms with Gasteiger partial charge in [0, 0.05) is 12.1 Å². The first kappa shape index (κ1) is 18.4. The van der Waals surface area contributed by atoms with Gasteiger partial charge >= 0.3 is 0 Å². The van der Waals surface area contributed by atoms with E-state index in [-0.39, 0.29) is 28.2 Å². The van der Waals surface area contributed by atoms with Crippen molar-refractivity contribution < 1.29 is 18.0 Å². The fourth-order valence-electron chi connectivity index (χ4n) is 3.63. The molecule has 3 aliphatic rings. The summed E-state index contributed by atoms with van der Waals surface area (Å²) in [6.07, 6.45) is 2.00. The highest BCUT2D eigenvalue weighted by Gasteiger charge is 2.46. The molecule has 4 rings (SSSR count). The molecule has 0 bridgehead atoms. The van der Waals surface area contributed by atoms with Gasteiger partial charge in [0.1, 0.15) is 4.32 Å². The number of carbonyl (C=O) groups excluding carboxylic acids is 2. The second kappa shape index (κ2) is 6.57. The molecule has 2 fully saturated rings. The highest BCUT2D eigenvalue weighted by atomic mass is 32.2. The van der Waals surface area contributed by atoms with E-state index < -0.39 is 15.9 Å². The maximum Gasteiger partial charge on any atom is 0.267 e. The maximum atomic E-state index is 13.1. The van der Waals surface area contributed by atoms with Crippen molar-refractivity contribution in [3.05, 3.63) is 47.4 Å². The van der Waals surface area contributed by atoms with Gasteiger partial charge in [0.15, 0.2) is 9.84 Å². The van der Waals surface area contributed by atoms with Crippen LogP contribution in [0.3, 0.4) is 0 Å². The van der Waals surface area contributed by atoms with E-state index in [9.17, 15) is 18.0 Å². The number of para-hydroxylation sites is 1. The Morgan fingerprint density at radius 2 is 2.00 bits per heavy atom. The number of thiocarbonyl (C=S) groups is 1. The molecule has 3 aliphatic heterocycles. The molecule has 0 aliphatic carbocycles. The van der Waals surface area contributed by atoms with Gasteiger partial charge in [0.05, 0.1) is 33.7 Å². The van der Waals surface area contributed by atoms with Crippen LogP contribution in [0.5, 0.6) is 0 Å². The molecule has 0 radical (unpaired) electrons. The van der Waals surface area contributed by atoms with Crippen LogP contribution < -0.4 is 4.90 Å². The molecular formula is C18H16N2O4S3. The number of benzene rings is 1. The molecule has 1 atom stereocenters. The third-order valence-electron chi connectivity index (χ3n) is 4.83. The molecule has 0 saturated carbocycles. The van der Waals surface area contributed by atoms with Gasteiger partial charge in [-0.05, 0) is 12.5 Å². The summed E-state index contributed by atoms with van der Waals surface area (Å²) in [5.41, 5.74) is 1.74. The number of thioether (sulfide) groups is 1. The summed E-state index contributed by atoms with van der Waals surface area (Å²) < 4.78 is 23.9. The number of carbonyl (C=O) groups is 2. The van der Waals surface area contributed by atoms with E-state index in [1.807, 2.05) is 18.2 Å². The van der Waals surface area contributed by atoms with Gasteiger partial charge in [-0.3, -0.25) is 14.5 Å². The minimum absolute atomic E-state index is 0.0511. The molecule has 0 N–H and O–H groups in total. The summed E-state index contributed by atoms with van der Waals surface area (Å²) >= 11 is 6.43. The zero-order valence-corrected chi connectivity index (χ0v) is 16.7. The van der Waals surface area contributed by atoms with E-state index >= 15 is 0 Å². The summed E-state index contributed by atoms with van der Waals surface area (Å²) in [4.78, 5) is 29.3. The third kappa shape index (κ3) is 2.94. The van der Waals surface area contributed by atoms with E-state index in [1.165, 1.54) is 4.90 Å². The van der Waals surface area contributed by atoms with Crippen molar-refractivity contribution in [1.82, 2.24) is 4.90 Å². The first-order valence-corrected chi connectivity index (χ1v) is 11.4. The quantitative estimate of drug-likeness (QED) is 0.423. The van der Waals surface area contributed by atoms with Crippen molar-refractivity contribution >= 4 is 61.2 Å². The molecule has 140 valence electrons. The largest absolute Gasteiger partial charge is 0.304 e. The van der Waals surface area contributed by atoms with E-state index in [2.05, 4.69) is 6.58 Å². The van der Waals surface area contributed by atoms with Crippen LogP contribution in [-0.4, -0.2) is 53.5 Å². The molecule has 2 saturated heterocycles. The van der Waals surface area contributed by atoms with Crippen molar-refractivity contribution in [1.29, 1.82) is 0 Å². The minimum atomic E-state index is -3.16. The van der Waals surface area contributed by atoms with Crippen molar-refractivity contribution in [2.75, 3.05) is 23.0 Å². The van der Waals surface area contributed by atoms with Gasteiger partial charge in [0.25, 0.3) is 11.8 Å². The lowest BCUT2D eigenvalue weighted by molar-refractivity contribution is -0.123. The van der Waals surface area contributed by atoms with E-state index in [0.717, 1.165) is 17.4 Å². The Bertz CT molecular complexity index is 1030. The first-order chi connectivity index (χ1) is 12.8. The number of hydrogen-bond acceptors (Lipinski definition) is 6. The van der Waals surface area contributed by atoms with E-state index in [0.29, 0.717) is 28.4 Å². The van der Waals surface area contributed by atoms with Crippen LogP contribution in [0.1, 0.15) is 12.0 Å². The Balaban J connectivity index is 1.78. The molecule has 3 heterocycles. The smallest absolute Gasteiger partial charge is 0.267 e. The molecule has 2 amide bonds. The van der Waals surface area contributed by atoms with Gasteiger partial charge in [-0.25, -0.2) is 8.42 Å². The topological polar surface area (TPSA) is 74.8 Å². The molecule has 0 spiro atoms. The predicted octanol–water partition coefficient (Wildman–Crippen LogP) is 1.98. The fourth-order valence-corrected chi connectivity index (χ4v) is 6.81. The number of rotatable bonds is 3. The average Bonchev–Trinajstić information content (AvgIpc) is 3.21. The highest BCUT2D eigenvalue weighted by molar-refractivity contribution is 8.26. The lowest BCUT2D eigenvalue weighted by Crippen LogP contribution is -2.39. The van der Waals surface area contributed by atoms with E-state index in [4.69, 9.17) is 12.2 Å². The normalized spacial score (nSPS) is 26.8. The molecule has 1 aromatic rings. The van der Waals surface area contributed by atoms with Crippen LogP contribution in [0.4, 0.5) is 5.69 Å². The molecule has 9 heteroatoms. The summed E-state index contributed by atoms with van der Waals surface area (Å²) in [7, 11) is -3.16. The third-order valence-corrected chi connectivity index (χ3v) is 7.99. The molecule has 27 heavy (non-hydrogen) atoms. The van der Waals surface area contributed by atoms with Crippen molar-refractivity contribution in [2.24, 2.45) is 0 Å². The van der Waals surface area contributed by atoms with Crippen LogP contribution in [0.2, 0.25) is 0 Å². The van der Waals surface area contributed by atoms with Gasteiger partial charge in [-0.15, -0.1) is 6.58 Å². The molecule has 6 nitrogen and oxygen atoms in total. The van der Waals surface area contributed by atoms with Crippen LogP contribution in [0.25, 0.3) is 5.57 Å². The summed E-state index contributed by atoms with van der Waals surface area (Å²) in [5, 5.41) is 0. The summed E-state index contributed by atoms with van der Waals surface area (Å²) in [6, 6.07) is 6.82. The second-order valence-corrected chi connectivity index (χ2v) is 10.4. The Labute approximate surface area is 166 Å². The molecule has 1 aromatic carbocycles. The Hall–Kier alpha value is -1.97. The predicted molar refractivity (Wildman–Crippen MR) is 110 cm³/mol. The standard InChI is InChI=1S/C18H16N2O4S3/c1-2-8-19-13-6-4-3-5-12(13)14(16(19)21)15-17(22)20(18(25)26-15)11-7-9-27(23,24)10-11/h2-6,11H,1,7-10H2. The Kier molecular flexibility index (Phi) is 4.48.